The van der Waals surface area contributed by atoms with Gasteiger partial charge >= 0.3 is 11.7 Å². The monoisotopic (exact) mass is 194 g/mol. The molecule has 0 atom stereocenters. The van der Waals surface area contributed by atoms with Gasteiger partial charge in [0.15, 0.2) is 0 Å². The molecule has 1 aromatic heterocycles. The van der Waals surface area contributed by atoms with Crippen LogP contribution in [0.5, 0.6) is 0 Å². The maximum atomic E-state index is 11.1. The Bertz CT molecular complexity index is 436. The smallest absolute Gasteiger partial charge is 0.345 e. The molecule has 1 heterocycles. The lowest BCUT2D eigenvalue weighted by Crippen LogP contribution is -2.18. The minimum atomic E-state index is -0.947. The summed E-state index contributed by atoms with van der Waals surface area (Å²) in [7, 11) is 0. The molecule has 1 aliphatic carbocycles. The van der Waals surface area contributed by atoms with Gasteiger partial charge in [-0.15, -0.1) is 0 Å². The number of aromatic amines is 1. The lowest BCUT2D eigenvalue weighted by molar-refractivity contribution is -0.136. The molecule has 2 N–H and O–H groups in total. The van der Waals surface area contributed by atoms with Crippen LogP contribution in [0.3, 0.4) is 0 Å². The van der Waals surface area contributed by atoms with Crippen molar-refractivity contribution in [1.29, 1.82) is 0 Å². The molecule has 1 aromatic rings. The molecule has 0 radical (unpaired) electrons. The number of fused-ring (bicyclic) bond motifs is 1. The van der Waals surface area contributed by atoms with Crippen molar-refractivity contribution in [2.45, 2.75) is 25.7 Å². The zero-order valence-corrected chi connectivity index (χ0v) is 7.54. The minimum Gasteiger partial charge on any atom is -0.481 e. The largest absolute Gasteiger partial charge is 0.481 e. The molecule has 0 amide bonds. The molecular formula is C9H10N2O3. The Labute approximate surface area is 79.8 Å². The summed E-state index contributed by atoms with van der Waals surface area (Å²) in [4.78, 5) is 27.9. The third kappa shape index (κ3) is 1.53. The zero-order chi connectivity index (χ0) is 10.1. The van der Waals surface area contributed by atoms with Crippen LogP contribution >= 0.6 is 0 Å². The Hall–Kier alpha value is -1.65. The van der Waals surface area contributed by atoms with Gasteiger partial charge in [-0.1, -0.05) is 0 Å². The van der Waals surface area contributed by atoms with Gasteiger partial charge in [-0.2, -0.15) is 4.98 Å². The van der Waals surface area contributed by atoms with Crippen molar-refractivity contribution in [1.82, 2.24) is 9.97 Å². The molecule has 5 heteroatoms. The number of nitrogens with one attached hydrogen (secondary N) is 1. The molecule has 0 saturated heterocycles. The van der Waals surface area contributed by atoms with Crippen molar-refractivity contribution in [3.63, 3.8) is 0 Å². The number of rotatable bonds is 2. The fourth-order valence-corrected chi connectivity index (χ4v) is 1.84. The van der Waals surface area contributed by atoms with E-state index in [-0.39, 0.29) is 6.42 Å². The number of aromatic nitrogens is 2. The molecule has 14 heavy (non-hydrogen) atoms. The fourth-order valence-electron chi connectivity index (χ4n) is 1.84. The summed E-state index contributed by atoms with van der Waals surface area (Å²) in [6.45, 7) is 0. The summed E-state index contributed by atoms with van der Waals surface area (Å²) in [5, 5.41) is 8.64. The molecular weight excluding hydrogens is 184 g/mol. The van der Waals surface area contributed by atoms with Gasteiger partial charge in [0.25, 0.3) is 0 Å². The van der Waals surface area contributed by atoms with Crippen LogP contribution in [0.1, 0.15) is 23.4 Å². The molecule has 1 aliphatic rings. The fraction of sp³-hybridized carbons (Fsp3) is 0.444. The number of carboxylic acids is 1. The lowest BCUT2D eigenvalue weighted by atomic mass is 10.1. The number of nitrogens with zero attached hydrogens (tertiary/aromatic N) is 1. The molecule has 0 aliphatic heterocycles. The Balaban J connectivity index is 2.48. The first-order valence-corrected chi connectivity index (χ1v) is 4.49. The summed E-state index contributed by atoms with van der Waals surface area (Å²) >= 11 is 0. The van der Waals surface area contributed by atoms with Gasteiger partial charge in [0.1, 0.15) is 0 Å². The third-order valence-corrected chi connectivity index (χ3v) is 2.38. The first-order valence-electron chi connectivity index (χ1n) is 4.49. The molecule has 0 spiro atoms. The number of aliphatic carboxylic acids is 1. The third-order valence-electron chi connectivity index (χ3n) is 2.38. The highest BCUT2D eigenvalue weighted by Crippen LogP contribution is 2.20. The summed E-state index contributed by atoms with van der Waals surface area (Å²) < 4.78 is 0. The Morgan fingerprint density at radius 3 is 3.00 bits per heavy atom. The van der Waals surface area contributed by atoms with Crippen molar-refractivity contribution in [3.8, 4) is 0 Å². The molecule has 0 fully saturated rings. The second-order valence-electron chi connectivity index (χ2n) is 3.37. The number of H-pyrrole nitrogens is 1. The number of hydrogen-bond donors (Lipinski definition) is 2. The highest BCUT2D eigenvalue weighted by atomic mass is 16.4. The van der Waals surface area contributed by atoms with E-state index in [1.165, 1.54) is 0 Å². The highest BCUT2D eigenvalue weighted by Gasteiger charge is 2.18. The predicted molar refractivity (Wildman–Crippen MR) is 48.2 cm³/mol. The number of hydrogen-bond acceptors (Lipinski definition) is 3. The van der Waals surface area contributed by atoms with Crippen LogP contribution in [-0.4, -0.2) is 21.0 Å². The van der Waals surface area contributed by atoms with Gasteiger partial charge in [0.2, 0.25) is 0 Å². The number of carbonyl (C=O) groups is 1. The van der Waals surface area contributed by atoms with E-state index in [1.807, 2.05) is 0 Å². The van der Waals surface area contributed by atoms with E-state index < -0.39 is 11.7 Å². The summed E-state index contributed by atoms with van der Waals surface area (Å²) in [5.41, 5.74) is 1.77. The van der Waals surface area contributed by atoms with Gasteiger partial charge in [-0.05, 0) is 24.8 Å². The Morgan fingerprint density at radius 1 is 1.50 bits per heavy atom. The van der Waals surface area contributed by atoms with Gasteiger partial charge < -0.3 is 10.1 Å². The number of aryl methyl sites for hydroxylation is 1. The van der Waals surface area contributed by atoms with E-state index in [2.05, 4.69) is 9.97 Å². The first kappa shape index (κ1) is 8.93. The molecule has 5 nitrogen and oxygen atoms in total. The van der Waals surface area contributed by atoms with Crippen LogP contribution < -0.4 is 5.69 Å². The van der Waals surface area contributed by atoms with Gasteiger partial charge in [-0.25, -0.2) is 4.79 Å². The Kier molecular flexibility index (Phi) is 2.07. The summed E-state index contributed by atoms with van der Waals surface area (Å²) in [5.74, 6) is -0.947. The van der Waals surface area contributed by atoms with E-state index in [1.54, 1.807) is 0 Å². The average Bonchev–Trinajstić information content (AvgIpc) is 2.50. The second kappa shape index (κ2) is 3.25. The van der Waals surface area contributed by atoms with Crippen LogP contribution in [0, 0.1) is 0 Å². The van der Waals surface area contributed by atoms with Crippen molar-refractivity contribution < 1.29 is 9.90 Å². The normalized spacial score (nSPS) is 14.0. The second-order valence-corrected chi connectivity index (χ2v) is 3.37. The minimum absolute atomic E-state index is 0.160. The standard InChI is InChI=1S/C9H10N2O3/c12-8(13)4-7-5-2-1-3-6(5)10-9(14)11-7/h1-4H2,(H,12,13)(H,10,11,14). The van der Waals surface area contributed by atoms with Crippen molar-refractivity contribution in [2.24, 2.45) is 0 Å². The van der Waals surface area contributed by atoms with Crippen LogP contribution in [-0.2, 0) is 24.1 Å². The average molecular weight is 194 g/mol. The molecule has 0 bridgehead atoms. The molecule has 0 unspecified atom stereocenters. The quantitative estimate of drug-likeness (QED) is 0.687. The SMILES string of the molecule is O=C(O)Cc1nc(=O)[nH]c2c1CCC2. The van der Waals surface area contributed by atoms with E-state index >= 15 is 0 Å². The van der Waals surface area contributed by atoms with Crippen LogP contribution in [0.4, 0.5) is 0 Å². The predicted octanol–water partition coefficient (Wildman–Crippen LogP) is -0.114. The topological polar surface area (TPSA) is 83.0 Å². The van der Waals surface area contributed by atoms with Gasteiger partial charge in [0, 0.05) is 5.69 Å². The van der Waals surface area contributed by atoms with Gasteiger partial charge in [0.05, 0.1) is 12.1 Å². The van der Waals surface area contributed by atoms with Crippen LogP contribution in [0.2, 0.25) is 0 Å². The molecule has 0 aromatic carbocycles. The van der Waals surface area contributed by atoms with E-state index in [9.17, 15) is 9.59 Å². The van der Waals surface area contributed by atoms with E-state index in [0.29, 0.717) is 5.69 Å². The first-order chi connectivity index (χ1) is 6.66. The van der Waals surface area contributed by atoms with Crippen LogP contribution in [0.15, 0.2) is 4.79 Å². The molecule has 0 saturated carbocycles. The number of carboxylic acid groups (broad SMARTS) is 1. The lowest BCUT2D eigenvalue weighted by Gasteiger charge is -2.03. The van der Waals surface area contributed by atoms with Crippen molar-refractivity contribution >= 4 is 5.97 Å². The maximum Gasteiger partial charge on any atom is 0.345 e. The van der Waals surface area contributed by atoms with Crippen molar-refractivity contribution in [3.05, 3.63) is 27.4 Å². The van der Waals surface area contributed by atoms with E-state index in [4.69, 9.17) is 5.11 Å². The summed E-state index contributed by atoms with van der Waals surface area (Å²) in [6, 6.07) is 0. The highest BCUT2D eigenvalue weighted by molar-refractivity contribution is 5.70. The summed E-state index contributed by atoms with van der Waals surface area (Å²) in [6.07, 6.45) is 2.44. The van der Waals surface area contributed by atoms with Crippen molar-refractivity contribution in [2.75, 3.05) is 0 Å². The maximum absolute atomic E-state index is 11.1. The van der Waals surface area contributed by atoms with Gasteiger partial charge in [-0.3, -0.25) is 4.79 Å². The molecule has 2 rings (SSSR count). The van der Waals surface area contributed by atoms with Crippen LogP contribution in [0.25, 0.3) is 0 Å². The molecule has 74 valence electrons. The Morgan fingerprint density at radius 2 is 2.29 bits per heavy atom. The zero-order valence-electron chi connectivity index (χ0n) is 7.54. The van der Waals surface area contributed by atoms with E-state index in [0.717, 1.165) is 30.5 Å².